The van der Waals surface area contributed by atoms with Crippen molar-refractivity contribution in [3.63, 3.8) is 0 Å². The first-order valence-corrected chi connectivity index (χ1v) is 12.1. The van der Waals surface area contributed by atoms with Gasteiger partial charge in [0.15, 0.2) is 6.10 Å². The highest BCUT2D eigenvalue weighted by Crippen LogP contribution is 2.13. The summed E-state index contributed by atoms with van der Waals surface area (Å²) < 4.78 is 4.51. The van der Waals surface area contributed by atoms with Crippen LogP contribution in [0, 0.1) is 0 Å². The minimum absolute atomic E-state index is 0.513. The van der Waals surface area contributed by atoms with E-state index in [-0.39, 0.29) is 0 Å². The molecule has 0 aliphatic heterocycles. The fourth-order valence-corrected chi connectivity index (χ4v) is 3.55. The third-order valence-electron chi connectivity index (χ3n) is 5.46. The SMILES string of the molecule is CCCCCCCCCCCCCCC=CCCCCCCC(O)C(=O)OC. The van der Waals surface area contributed by atoms with Gasteiger partial charge in [0.25, 0.3) is 0 Å². The minimum atomic E-state index is -0.944. The van der Waals surface area contributed by atoms with E-state index < -0.39 is 12.1 Å². The third-order valence-corrected chi connectivity index (χ3v) is 5.46. The summed E-state index contributed by atoms with van der Waals surface area (Å²) in [6.07, 6.45) is 27.9. The zero-order chi connectivity index (χ0) is 20.7. The van der Waals surface area contributed by atoms with Crippen LogP contribution in [0.15, 0.2) is 12.2 Å². The smallest absolute Gasteiger partial charge is 0.334 e. The highest BCUT2D eigenvalue weighted by molar-refractivity contribution is 5.74. The third kappa shape index (κ3) is 19.9. The molecule has 1 unspecified atom stereocenters. The summed E-state index contributed by atoms with van der Waals surface area (Å²) in [7, 11) is 1.31. The first-order chi connectivity index (χ1) is 13.7. The Hall–Kier alpha value is -0.830. The standard InChI is InChI=1S/C25H48O3/c1-3-4-5-6-7-8-9-10-11-12-13-14-15-16-17-18-19-20-21-22-23-24(26)25(27)28-2/h16-17,24,26H,3-15,18-23H2,1-2H3. The van der Waals surface area contributed by atoms with Gasteiger partial charge in [-0.15, -0.1) is 0 Å². The van der Waals surface area contributed by atoms with Gasteiger partial charge in [-0.25, -0.2) is 4.79 Å². The molecule has 0 aromatic rings. The first kappa shape index (κ1) is 27.2. The topological polar surface area (TPSA) is 46.5 Å². The van der Waals surface area contributed by atoms with Crippen LogP contribution >= 0.6 is 0 Å². The first-order valence-electron chi connectivity index (χ1n) is 12.1. The molecule has 28 heavy (non-hydrogen) atoms. The predicted octanol–water partition coefficient (Wildman–Crippen LogP) is 7.51. The predicted molar refractivity (Wildman–Crippen MR) is 121 cm³/mol. The summed E-state index contributed by atoms with van der Waals surface area (Å²) in [5.74, 6) is -0.513. The van der Waals surface area contributed by atoms with E-state index >= 15 is 0 Å². The average molecular weight is 397 g/mol. The van der Waals surface area contributed by atoms with Crippen molar-refractivity contribution in [2.75, 3.05) is 7.11 Å². The van der Waals surface area contributed by atoms with E-state index in [0.717, 1.165) is 25.7 Å². The molecular weight excluding hydrogens is 348 g/mol. The Balaban J connectivity index is 3.17. The van der Waals surface area contributed by atoms with Crippen molar-refractivity contribution in [1.29, 1.82) is 0 Å². The molecule has 0 saturated heterocycles. The van der Waals surface area contributed by atoms with Crippen molar-refractivity contribution in [1.82, 2.24) is 0 Å². The number of methoxy groups -OCH3 is 1. The van der Waals surface area contributed by atoms with E-state index in [9.17, 15) is 9.90 Å². The van der Waals surface area contributed by atoms with Crippen molar-refractivity contribution in [3.8, 4) is 0 Å². The molecule has 0 aliphatic carbocycles. The molecule has 166 valence electrons. The zero-order valence-electron chi connectivity index (χ0n) is 18.9. The zero-order valence-corrected chi connectivity index (χ0v) is 18.9. The van der Waals surface area contributed by atoms with Crippen molar-refractivity contribution in [2.45, 2.75) is 135 Å². The maximum Gasteiger partial charge on any atom is 0.334 e. The number of esters is 1. The van der Waals surface area contributed by atoms with Crippen molar-refractivity contribution < 1.29 is 14.6 Å². The van der Waals surface area contributed by atoms with Crippen LogP contribution in [-0.2, 0) is 9.53 Å². The van der Waals surface area contributed by atoms with Crippen molar-refractivity contribution >= 4 is 5.97 Å². The maximum absolute atomic E-state index is 11.1. The fourth-order valence-electron chi connectivity index (χ4n) is 3.55. The number of unbranched alkanes of at least 4 members (excludes halogenated alkanes) is 16. The molecular formula is C25H48O3. The number of carbonyl (C=O) groups excluding carboxylic acids is 1. The number of hydrogen-bond donors (Lipinski definition) is 1. The highest BCUT2D eigenvalue weighted by atomic mass is 16.5. The molecule has 0 fully saturated rings. The molecule has 0 bridgehead atoms. The molecule has 1 N–H and O–H groups in total. The van der Waals surface area contributed by atoms with Crippen LogP contribution in [0.2, 0.25) is 0 Å². The number of aliphatic hydroxyl groups is 1. The summed E-state index contributed by atoms with van der Waals surface area (Å²) in [6.45, 7) is 2.28. The molecule has 0 aromatic heterocycles. The molecule has 0 amide bonds. The summed E-state index contributed by atoms with van der Waals surface area (Å²) in [5, 5.41) is 9.48. The lowest BCUT2D eigenvalue weighted by Crippen LogP contribution is -2.21. The number of carbonyl (C=O) groups is 1. The Morgan fingerprint density at radius 3 is 1.54 bits per heavy atom. The van der Waals surface area contributed by atoms with Crippen LogP contribution in [0.25, 0.3) is 0 Å². The molecule has 0 aliphatic rings. The van der Waals surface area contributed by atoms with Gasteiger partial charge in [-0.3, -0.25) is 0 Å². The Bertz CT molecular complexity index is 352. The Morgan fingerprint density at radius 1 is 0.714 bits per heavy atom. The Morgan fingerprint density at radius 2 is 1.11 bits per heavy atom. The second-order valence-corrected chi connectivity index (χ2v) is 8.18. The molecule has 0 spiro atoms. The van der Waals surface area contributed by atoms with Crippen molar-refractivity contribution in [2.24, 2.45) is 0 Å². The van der Waals surface area contributed by atoms with Gasteiger partial charge in [-0.05, 0) is 32.1 Å². The van der Waals surface area contributed by atoms with Gasteiger partial charge in [-0.1, -0.05) is 109 Å². The summed E-state index contributed by atoms with van der Waals surface area (Å²) in [6, 6.07) is 0. The fraction of sp³-hybridized carbons (Fsp3) is 0.880. The van der Waals surface area contributed by atoms with E-state index in [0.29, 0.717) is 6.42 Å². The summed E-state index contributed by atoms with van der Waals surface area (Å²) in [5.41, 5.74) is 0. The second-order valence-electron chi connectivity index (χ2n) is 8.18. The van der Waals surface area contributed by atoms with E-state index in [1.807, 2.05) is 0 Å². The molecule has 0 rings (SSSR count). The van der Waals surface area contributed by atoms with E-state index in [4.69, 9.17) is 0 Å². The number of hydrogen-bond acceptors (Lipinski definition) is 3. The van der Waals surface area contributed by atoms with Gasteiger partial charge in [0, 0.05) is 0 Å². The molecule has 3 heteroatoms. The molecule has 1 atom stereocenters. The number of rotatable bonds is 21. The summed E-state index contributed by atoms with van der Waals surface area (Å²) in [4.78, 5) is 11.1. The quantitative estimate of drug-likeness (QED) is 0.124. The minimum Gasteiger partial charge on any atom is -0.467 e. The van der Waals surface area contributed by atoms with Gasteiger partial charge in [-0.2, -0.15) is 0 Å². The molecule has 0 aromatic carbocycles. The van der Waals surface area contributed by atoms with E-state index in [1.54, 1.807) is 0 Å². The molecule has 0 radical (unpaired) electrons. The van der Waals surface area contributed by atoms with Crippen LogP contribution < -0.4 is 0 Å². The van der Waals surface area contributed by atoms with Gasteiger partial charge in [0.2, 0.25) is 0 Å². The largest absolute Gasteiger partial charge is 0.467 e. The van der Waals surface area contributed by atoms with E-state index in [1.165, 1.54) is 97.0 Å². The lowest BCUT2D eigenvalue weighted by molar-refractivity contribution is -0.150. The normalized spacial score (nSPS) is 12.5. The second kappa shape index (κ2) is 22.5. The van der Waals surface area contributed by atoms with Crippen LogP contribution in [0.1, 0.15) is 129 Å². The summed E-state index contributed by atoms with van der Waals surface area (Å²) >= 11 is 0. The number of allylic oxidation sites excluding steroid dienone is 2. The maximum atomic E-state index is 11.1. The van der Waals surface area contributed by atoms with Crippen LogP contribution in [-0.4, -0.2) is 24.3 Å². The average Bonchev–Trinajstić information content (AvgIpc) is 2.71. The van der Waals surface area contributed by atoms with Gasteiger partial charge < -0.3 is 9.84 Å². The number of ether oxygens (including phenoxy) is 1. The molecule has 3 nitrogen and oxygen atoms in total. The Kier molecular flexibility index (Phi) is 21.8. The van der Waals surface area contributed by atoms with E-state index in [2.05, 4.69) is 23.8 Å². The molecule has 0 saturated carbocycles. The lowest BCUT2D eigenvalue weighted by Gasteiger charge is -2.07. The van der Waals surface area contributed by atoms with Gasteiger partial charge in [0.1, 0.15) is 0 Å². The monoisotopic (exact) mass is 396 g/mol. The highest BCUT2D eigenvalue weighted by Gasteiger charge is 2.13. The Labute approximate surface area is 175 Å². The van der Waals surface area contributed by atoms with Crippen molar-refractivity contribution in [3.05, 3.63) is 12.2 Å². The molecule has 0 heterocycles. The van der Waals surface area contributed by atoms with Crippen LogP contribution in [0.3, 0.4) is 0 Å². The lowest BCUT2D eigenvalue weighted by atomic mass is 10.0. The van der Waals surface area contributed by atoms with Crippen LogP contribution in [0.4, 0.5) is 0 Å². The van der Waals surface area contributed by atoms with Gasteiger partial charge >= 0.3 is 5.97 Å². The van der Waals surface area contributed by atoms with Crippen LogP contribution in [0.5, 0.6) is 0 Å². The van der Waals surface area contributed by atoms with Gasteiger partial charge in [0.05, 0.1) is 7.11 Å². The number of aliphatic hydroxyl groups excluding tert-OH is 1.